The van der Waals surface area contributed by atoms with Crippen LogP contribution in [0.5, 0.6) is 0 Å². The molecule has 104 valence electrons. The molecule has 0 aromatic carbocycles. The van der Waals surface area contributed by atoms with Gasteiger partial charge in [0.1, 0.15) is 0 Å². The Bertz CT molecular complexity index is 421. The van der Waals surface area contributed by atoms with Crippen molar-refractivity contribution in [3.63, 3.8) is 0 Å². The summed E-state index contributed by atoms with van der Waals surface area (Å²) >= 11 is 5.11. The zero-order valence-electron chi connectivity index (χ0n) is 10.8. The standard InChI is InChI=1S/C12H22N2O2S2/c1-9-4-6-12(7-5-9,11(13)17)14-18(15,16)8-10-2-3-10/h9-10,14H,2-8H2,1H3,(H2,13,17). The van der Waals surface area contributed by atoms with Gasteiger partial charge >= 0.3 is 0 Å². The van der Waals surface area contributed by atoms with Gasteiger partial charge in [-0.2, -0.15) is 0 Å². The van der Waals surface area contributed by atoms with Crippen molar-refractivity contribution in [2.75, 3.05) is 5.75 Å². The monoisotopic (exact) mass is 290 g/mol. The molecule has 18 heavy (non-hydrogen) atoms. The molecule has 0 radical (unpaired) electrons. The first-order valence-electron chi connectivity index (χ1n) is 6.64. The third kappa shape index (κ3) is 3.42. The van der Waals surface area contributed by atoms with Crippen LogP contribution in [0.4, 0.5) is 0 Å². The highest BCUT2D eigenvalue weighted by atomic mass is 32.2. The van der Waals surface area contributed by atoms with Gasteiger partial charge in [-0.25, -0.2) is 13.1 Å². The first-order chi connectivity index (χ1) is 8.33. The lowest BCUT2D eigenvalue weighted by molar-refractivity contribution is 0.289. The minimum absolute atomic E-state index is 0.229. The van der Waals surface area contributed by atoms with E-state index in [1.165, 1.54) is 0 Å². The van der Waals surface area contributed by atoms with E-state index in [4.69, 9.17) is 18.0 Å². The Morgan fingerprint density at radius 2 is 1.89 bits per heavy atom. The molecule has 0 spiro atoms. The summed E-state index contributed by atoms with van der Waals surface area (Å²) < 4.78 is 27.0. The smallest absolute Gasteiger partial charge is 0.212 e. The Hall–Kier alpha value is -0.200. The number of hydrogen-bond donors (Lipinski definition) is 2. The van der Waals surface area contributed by atoms with E-state index >= 15 is 0 Å². The van der Waals surface area contributed by atoms with Crippen LogP contribution in [0.2, 0.25) is 0 Å². The molecule has 3 N–H and O–H groups in total. The number of thiocarbonyl (C=S) groups is 1. The number of sulfonamides is 1. The number of rotatable bonds is 5. The molecule has 2 aliphatic carbocycles. The highest BCUT2D eigenvalue weighted by Gasteiger charge is 2.41. The van der Waals surface area contributed by atoms with Gasteiger partial charge < -0.3 is 5.73 Å². The van der Waals surface area contributed by atoms with E-state index in [0.717, 1.165) is 38.5 Å². The molecule has 0 saturated heterocycles. The van der Waals surface area contributed by atoms with Gasteiger partial charge in [0, 0.05) is 0 Å². The first kappa shape index (κ1) is 14.2. The van der Waals surface area contributed by atoms with E-state index in [2.05, 4.69) is 11.6 Å². The van der Waals surface area contributed by atoms with Gasteiger partial charge in [0.2, 0.25) is 10.0 Å². The zero-order chi connectivity index (χ0) is 13.4. The van der Waals surface area contributed by atoms with Crippen molar-refractivity contribution in [1.82, 2.24) is 4.72 Å². The molecular weight excluding hydrogens is 268 g/mol. The first-order valence-corrected chi connectivity index (χ1v) is 8.71. The summed E-state index contributed by atoms with van der Waals surface area (Å²) in [6, 6.07) is 0. The molecule has 2 fully saturated rings. The van der Waals surface area contributed by atoms with Gasteiger partial charge in [-0.3, -0.25) is 0 Å². The second kappa shape index (κ2) is 5.06. The highest BCUT2D eigenvalue weighted by Crippen LogP contribution is 2.34. The molecule has 2 rings (SSSR count). The molecular formula is C12H22N2O2S2. The largest absolute Gasteiger partial charge is 0.392 e. The molecule has 0 aromatic heterocycles. The average Bonchev–Trinajstić information content (AvgIpc) is 3.04. The molecule has 0 aromatic rings. The van der Waals surface area contributed by atoms with Gasteiger partial charge in [-0.15, -0.1) is 0 Å². The van der Waals surface area contributed by atoms with Crippen LogP contribution in [0.3, 0.4) is 0 Å². The number of nitrogens with one attached hydrogen (secondary N) is 1. The normalized spacial score (nSPS) is 33.3. The van der Waals surface area contributed by atoms with E-state index in [-0.39, 0.29) is 5.75 Å². The fourth-order valence-electron chi connectivity index (χ4n) is 2.59. The fourth-order valence-corrected chi connectivity index (χ4v) is 4.85. The van der Waals surface area contributed by atoms with Crippen molar-refractivity contribution >= 4 is 27.2 Å². The Morgan fingerprint density at radius 1 is 1.33 bits per heavy atom. The molecule has 4 nitrogen and oxygen atoms in total. The lowest BCUT2D eigenvalue weighted by atomic mass is 9.78. The van der Waals surface area contributed by atoms with Crippen LogP contribution < -0.4 is 10.5 Å². The van der Waals surface area contributed by atoms with Crippen molar-refractivity contribution in [2.45, 2.75) is 51.0 Å². The lowest BCUT2D eigenvalue weighted by Crippen LogP contribution is -2.58. The predicted octanol–water partition coefficient (Wildman–Crippen LogP) is 1.55. The molecule has 2 aliphatic rings. The summed E-state index contributed by atoms with van der Waals surface area (Å²) in [5, 5.41) is 0. The van der Waals surface area contributed by atoms with Crippen LogP contribution in [0.15, 0.2) is 0 Å². The second-order valence-electron chi connectivity index (χ2n) is 5.96. The average molecular weight is 290 g/mol. The minimum atomic E-state index is -3.26. The minimum Gasteiger partial charge on any atom is -0.392 e. The fraction of sp³-hybridized carbons (Fsp3) is 0.917. The number of nitrogens with two attached hydrogens (primary N) is 1. The molecule has 0 aliphatic heterocycles. The van der Waals surface area contributed by atoms with Gasteiger partial charge in [-0.1, -0.05) is 19.1 Å². The molecule has 0 atom stereocenters. The quantitative estimate of drug-likeness (QED) is 0.754. The van der Waals surface area contributed by atoms with Gasteiger partial charge in [0.25, 0.3) is 0 Å². The van der Waals surface area contributed by atoms with Gasteiger partial charge in [0.15, 0.2) is 0 Å². The summed E-state index contributed by atoms with van der Waals surface area (Å²) in [6.45, 7) is 2.18. The molecule has 0 bridgehead atoms. The van der Waals surface area contributed by atoms with E-state index in [0.29, 0.717) is 16.8 Å². The van der Waals surface area contributed by atoms with Crippen LogP contribution in [0, 0.1) is 11.8 Å². The Morgan fingerprint density at radius 3 is 2.33 bits per heavy atom. The van der Waals surface area contributed by atoms with Crippen molar-refractivity contribution in [3.05, 3.63) is 0 Å². The highest BCUT2D eigenvalue weighted by molar-refractivity contribution is 7.89. The van der Waals surface area contributed by atoms with E-state index in [1.54, 1.807) is 0 Å². The molecule has 6 heteroatoms. The van der Waals surface area contributed by atoms with Crippen LogP contribution in [-0.2, 0) is 10.0 Å². The van der Waals surface area contributed by atoms with Crippen molar-refractivity contribution in [3.8, 4) is 0 Å². The Balaban J connectivity index is 2.08. The van der Waals surface area contributed by atoms with E-state index in [9.17, 15) is 8.42 Å². The zero-order valence-corrected chi connectivity index (χ0v) is 12.4. The molecule has 2 saturated carbocycles. The van der Waals surface area contributed by atoms with Crippen molar-refractivity contribution < 1.29 is 8.42 Å². The number of hydrogen-bond acceptors (Lipinski definition) is 3. The maximum Gasteiger partial charge on any atom is 0.212 e. The van der Waals surface area contributed by atoms with Crippen molar-refractivity contribution in [1.29, 1.82) is 0 Å². The van der Waals surface area contributed by atoms with Gasteiger partial charge in [0.05, 0.1) is 16.3 Å². The molecule has 0 amide bonds. The third-order valence-electron chi connectivity index (χ3n) is 4.10. The molecule has 0 unspecified atom stereocenters. The second-order valence-corrected chi connectivity index (χ2v) is 8.16. The topological polar surface area (TPSA) is 72.2 Å². The lowest BCUT2D eigenvalue weighted by Gasteiger charge is -2.38. The van der Waals surface area contributed by atoms with E-state index in [1.807, 2.05) is 0 Å². The van der Waals surface area contributed by atoms with Crippen LogP contribution in [0.1, 0.15) is 45.4 Å². The summed E-state index contributed by atoms with van der Waals surface area (Å²) in [6.07, 6.45) is 5.46. The predicted molar refractivity (Wildman–Crippen MR) is 76.8 cm³/mol. The maximum atomic E-state index is 12.1. The maximum absolute atomic E-state index is 12.1. The Labute approximate surface area is 115 Å². The van der Waals surface area contributed by atoms with Crippen LogP contribution in [0.25, 0.3) is 0 Å². The van der Waals surface area contributed by atoms with Crippen LogP contribution in [-0.4, -0.2) is 24.7 Å². The summed E-state index contributed by atoms with van der Waals surface area (Å²) in [7, 11) is -3.26. The van der Waals surface area contributed by atoms with Crippen molar-refractivity contribution in [2.24, 2.45) is 17.6 Å². The Kier molecular flexibility index (Phi) is 3.99. The summed E-state index contributed by atoms with van der Waals surface area (Å²) in [5.74, 6) is 1.20. The summed E-state index contributed by atoms with van der Waals surface area (Å²) in [5.41, 5.74) is 5.13. The van der Waals surface area contributed by atoms with E-state index < -0.39 is 15.6 Å². The molecule has 0 heterocycles. The third-order valence-corrected chi connectivity index (χ3v) is 6.11. The SMILES string of the molecule is CC1CCC(NS(=O)(=O)CC2CC2)(C(N)=S)CC1. The van der Waals surface area contributed by atoms with Crippen LogP contribution >= 0.6 is 12.2 Å². The summed E-state index contributed by atoms with van der Waals surface area (Å²) in [4.78, 5) is 0.300. The van der Waals surface area contributed by atoms with Gasteiger partial charge in [-0.05, 0) is 50.4 Å².